The first-order valence-corrected chi connectivity index (χ1v) is 11.0. The predicted molar refractivity (Wildman–Crippen MR) is 126 cm³/mol. The van der Waals surface area contributed by atoms with Crippen molar-refractivity contribution >= 4 is 46.7 Å². The maximum absolute atomic E-state index is 12.1. The van der Waals surface area contributed by atoms with Crippen LogP contribution in [0.3, 0.4) is 0 Å². The third-order valence-electron chi connectivity index (χ3n) is 4.93. The molecule has 0 fully saturated rings. The van der Waals surface area contributed by atoms with Crippen LogP contribution in [0, 0.1) is 11.8 Å². The van der Waals surface area contributed by atoms with E-state index in [-0.39, 0.29) is 12.0 Å². The lowest BCUT2D eigenvalue weighted by molar-refractivity contribution is -0.145. The summed E-state index contributed by atoms with van der Waals surface area (Å²) >= 11 is 16.9. The fourth-order valence-electron chi connectivity index (χ4n) is 3.07. The quantitative estimate of drug-likeness (QED) is 0.283. The number of carbonyl (C=O) groups is 2. The van der Waals surface area contributed by atoms with Gasteiger partial charge in [0.15, 0.2) is 0 Å². The zero-order valence-corrected chi connectivity index (χ0v) is 20.7. The van der Waals surface area contributed by atoms with Crippen LogP contribution in [0.4, 0.5) is 0 Å². The van der Waals surface area contributed by atoms with Gasteiger partial charge in [-0.2, -0.15) is 0 Å². The normalized spacial score (nSPS) is 16.5. The Morgan fingerprint density at radius 1 is 1.13 bits per heavy atom. The maximum Gasteiger partial charge on any atom is 0.310 e. The highest BCUT2D eigenvalue weighted by Crippen LogP contribution is 2.26. The molecule has 0 saturated heterocycles. The third-order valence-corrected chi connectivity index (χ3v) is 5.44. The Labute approximate surface area is 199 Å². The number of benzene rings is 1. The standard InChI is InChI=1S/C23H30Cl3NO4/c1-15(13-16(2)20(30-4)14-18-9-7-6-8-10-18)11-12-19(17(3)21(28)31-5)27-22(29)23(24,25)26/h6-13,16-17,19-20H,14H2,1-5H3,(H,27,29)/b12-11+,15-13+/t16-,17+,19-,20-/m1/s1. The highest BCUT2D eigenvalue weighted by atomic mass is 35.6. The second-order valence-corrected chi connectivity index (χ2v) is 9.68. The minimum absolute atomic E-state index is 0.000367. The van der Waals surface area contributed by atoms with Crippen LogP contribution in [0.25, 0.3) is 0 Å². The van der Waals surface area contributed by atoms with Gasteiger partial charge in [0.25, 0.3) is 9.70 Å². The molecule has 4 atom stereocenters. The number of alkyl halides is 3. The van der Waals surface area contributed by atoms with Gasteiger partial charge in [0.2, 0.25) is 0 Å². The minimum atomic E-state index is -2.13. The summed E-state index contributed by atoms with van der Waals surface area (Å²) in [5.74, 6) is -1.86. The van der Waals surface area contributed by atoms with Crippen molar-refractivity contribution in [3.05, 3.63) is 59.7 Å². The van der Waals surface area contributed by atoms with E-state index < -0.39 is 27.6 Å². The fourth-order valence-corrected chi connectivity index (χ4v) is 3.23. The van der Waals surface area contributed by atoms with Crippen LogP contribution in [0.2, 0.25) is 0 Å². The number of hydrogen-bond acceptors (Lipinski definition) is 4. The molecule has 0 radical (unpaired) electrons. The first-order valence-electron chi connectivity index (χ1n) is 9.88. The Kier molecular flexibility index (Phi) is 11.6. The molecule has 31 heavy (non-hydrogen) atoms. The van der Waals surface area contributed by atoms with Crippen molar-refractivity contribution in [2.75, 3.05) is 14.2 Å². The van der Waals surface area contributed by atoms with Gasteiger partial charge in [0.1, 0.15) is 0 Å². The van der Waals surface area contributed by atoms with Crippen molar-refractivity contribution in [2.45, 2.75) is 43.1 Å². The van der Waals surface area contributed by atoms with E-state index in [4.69, 9.17) is 44.3 Å². The summed E-state index contributed by atoms with van der Waals surface area (Å²) in [6.07, 6.45) is 6.36. The molecule has 172 valence electrons. The Hall–Kier alpha value is -1.53. The summed E-state index contributed by atoms with van der Waals surface area (Å²) in [5.41, 5.74) is 2.14. The molecule has 0 saturated carbocycles. The van der Waals surface area contributed by atoms with Crippen LogP contribution in [0.1, 0.15) is 26.3 Å². The summed E-state index contributed by atoms with van der Waals surface area (Å²) in [4.78, 5) is 24.1. The molecule has 8 heteroatoms. The average molecular weight is 491 g/mol. The molecular weight excluding hydrogens is 461 g/mol. The van der Waals surface area contributed by atoms with Crippen LogP contribution in [0.5, 0.6) is 0 Å². The fraction of sp³-hybridized carbons (Fsp3) is 0.478. The van der Waals surface area contributed by atoms with E-state index in [9.17, 15) is 9.59 Å². The Morgan fingerprint density at radius 3 is 2.26 bits per heavy atom. The molecule has 0 spiro atoms. The second-order valence-electron chi connectivity index (χ2n) is 7.40. The number of esters is 1. The van der Waals surface area contributed by atoms with Crippen molar-refractivity contribution in [1.82, 2.24) is 5.32 Å². The Bertz CT molecular complexity index is 775. The Morgan fingerprint density at radius 2 is 1.74 bits per heavy atom. The summed E-state index contributed by atoms with van der Waals surface area (Å²) in [6, 6.07) is 9.42. The van der Waals surface area contributed by atoms with Gasteiger partial charge < -0.3 is 14.8 Å². The van der Waals surface area contributed by atoms with E-state index in [1.54, 1.807) is 20.1 Å². The highest BCUT2D eigenvalue weighted by Gasteiger charge is 2.34. The topological polar surface area (TPSA) is 64.6 Å². The van der Waals surface area contributed by atoms with E-state index in [1.165, 1.54) is 12.7 Å². The summed E-state index contributed by atoms with van der Waals surface area (Å²) in [7, 11) is 2.98. The van der Waals surface area contributed by atoms with Crippen molar-refractivity contribution in [2.24, 2.45) is 11.8 Å². The molecule has 0 bridgehead atoms. The number of hydrogen-bond donors (Lipinski definition) is 1. The third kappa shape index (κ3) is 9.65. The minimum Gasteiger partial charge on any atom is -0.469 e. The van der Waals surface area contributed by atoms with Gasteiger partial charge in [-0.25, -0.2) is 0 Å². The molecule has 1 N–H and O–H groups in total. The maximum atomic E-state index is 12.1. The first kappa shape index (κ1) is 27.5. The number of halogens is 3. The van der Waals surface area contributed by atoms with Gasteiger partial charge in [-0.05, 0) is 25.8 Å². The van der Waals surface area contributed by atoms with E-state index in [1.807, 2.05) is 31.2 Å². The van der Waals surface area contributed by atoms with E-state index in [0.717, 1.165) is 12.0 Å². The lowest BCUT2D eigenvalue weighted by atomic mass is 9.95. The zero-order valence-electron chi connectivity index (χ0n) is 18.4. The zero-order chi connectivity index (χ0) is 23.6. The number of allylic oxidation sites excluding steroid dienone is 2. The van der Waals surface area contributed by atoms with Crippen molar-refractivity contribution < 1.29 is 19.1 Å². The van der Waals surface area contributed by atoms with Crippen LogP contribution in [0.15, 0.2) is 54.1 Å². The number of amides is 1. The van der Waals surface area contributed by atoms with Gasteiger partial charge in [0.05, 0.1) is 25.2 Å². The predicted octanol–water partition coefficient (Wildman–Crippen LogP) is 5.05. The first-order chi connectivity index (χ1) is 14.5. The molecule has 0 aliphatic heterocycles. The summed E-state index contributed by atoms with van der Waals surface area (Å²) < 4.78 is 8.33. The van der Waals surface area contributed by atoms with Gasteiger partial charge in [-0.1, -0.05) is 95.9 Å². The molecule has 0 unspecified atom stereocenters. The lowest BCUT2D eigenvalue weighted by Gasteiger charge is -2.23. The van der Waals surface area contributed by atoms with Crippen molar-refractivity contribution in [1.29, 1.82) is 0 Å². The largest absolute Gasteiger partial charge is 0.469 e. The molecular formula is C23H30Cl3NO4. The molecule has 0 aliphatic rings. The van der Waals surface area contributed by atoms with Gasteiger partial charge in [-0.15, -0.1) is 0 Å². The SMILES string of the molecule is COC(=O)[C@@H](C)[C@@H](/C=C/C(C)=C/[C@@H](C)[C@@H](Cc1ccccc1)OC)NC(=O)C(Cl)(Cl)Cl. The number of ether oxygens (including phenoxy) is 2. The van der Waals surface area contributed by atoms with Gasteiger partial charge >= 0.3 is 5.97 Å². The average Bonchev–Trinajstić information content (AvgIpc) is 2.73. The number of carbonyl (C=O) groups excluding carboxylic acids is 2. The van der Waals surface area contributed by atoms with E-state index >= 15 is 0 Å². The number of rotatable bonds is 10. The monoisotopic (exact) mass is 489 g/mol. The molecule has 0 heterocycles. The molecule has 0 aliphatic carbocycles. The summed E-state index contributed by atoms with van der Waals surface area (Å²) in [5, 5.41) is 2.57. The molecule has 1 aromatic carbocycles. The van der Waals surface area contributed by atoms with E-state index in [0.29, 0.717) is 0 Å². The van der Waals surface area contributed by atoms with Gasteiger partial charge in [-0.3, -0.25) is 9.59 Å². The molecule has 1 rings (SSSR count). The highest BCUT2D eigenvalue weighted by molar-refractivity contribution is 6.76. The van der Waals surface area contributed by atoms with Crippen LogP contribution in [-0.4, -0.2) is 42.0 Å². The summed E-state index contributed by atoms with van der Waals surface area (Å²) in [6.45, 7) is 5.63. The lowest BCUT2D eigenvalue weighted by Crippen LogP contribution is -2.45. The molecule has 1 aromatic rings. The second kappa shape index (κ2) is 13.1. The van der Waals surface area contributed by atoms with Crippen LogP contribution >= 0.6 is 34.8 Å². The molecule has 0 aromatic heterocycles. The van der Waals surface area contributed by atoms with Crippen LogP contribution in [-0.2, 0) is 25.5 Å². The van der Waals surface area contributed by atoms with Crippen molar-refractivity contribution in [3.63, 3.8) is 0 Å². The van der Waals surface area contributed by atoms with Crippen LogP contribution < -0.4 is 5.32 Å². The van der Waals surface area contributed by atoms with Gasteiger partial charge in [0, 0.05) is 13.0 Å². The molecule has 1 amide bonds. The van der Waals surface area contributed by atoms with Crippen molar-refractivity contribution in [3.8, 4) is 0 Å². The van der Waals surface area contributed by atoms with E-state index in [2.05, 4.69) is 30.4 Å². The Balaban J connectivity index is 2.95. The number of methoxy groups -OCH3 is 2. The molecule has 5 nitrogen and oxygen atoms in total. The smallest absolute Gasteiger partial charge is 0.310 e. The number of nitrogens with one attached hydrogen (secondary N) is 1.